The first-order chi connectivity index (χ1) is 17.5. The third-order valence-corrected chi connectivity index (χ3v) is 7.27. The molecule has 0 aliphatic carbocycles. The lowest BCUT2D eigenvalue weighted by Crippen LogP contribution is -2.51. The van der Waals surface area contributed by atoms with Gasteiger partial charge in [0.2, 0.25) is 5.91 Å². The molecule has 3 aliphatic heterocycles. The zero-order valence-corrected chi connectivity index (χ0v) is 20.3. The third kappa shape index (κ3) is 5.00. The molecule has 3 aliphatic rings. The number of hydrogen-bond donors (Lipinski definition) is 2. The fourth-order valence-electron chi connectivity index (χ4n) is 5.27. The number of morpholine rings is 1. The van der Waals surface area contributed by atoms with Crippen molar-refractivity contribution in [2.45, 2.75) is 38.5 Å². The quantitative estimate of drug-likeness (QED) is 0.211. The van der Waals surface area contributed by atoms with Crippen LogP contribution in [0.15, 0.2) is 46.7 Å². The fraction of sp³-hybridized carbons (Fsp3) is 0.423. The Morgan fingerprint density at radius 2 is 2.03 bits per heavy atom. The molecule has 2 fully saturated rings. The number of nitrogens with one attached hydrogen (secondary N) is 2. The molecule has 10 nitrogen and oxygen atoms in total. The van der Waals surface area contributed by atoms with Crippen LogP contribution < -0.4 is 5.32 Å². The van der Waals surface area contributed by atoms with Gasteiger partial charge in [0.15, 0.2) is 0 Å². The molecule has 0 spiro atoms. The maximum absolute atomic E-state index is 13.1. The molecule has 10 heteroatoms. The predicted octanol–water partition coefficient (Wildman–Crippen LogP) is 3.27. The Morgan fingerprint density at radius 3 is 2.83 bits per heavy atom. The zero-order valence-electron chi connectivity index (χ0n) is 20.3. The second-order valence-electron chi connectivity index (χ2n) is 9.41. The van der Waals surface area contributed by atoms with Crippen molar-refractivity contribution in [2.75, 3.05) is 38.1 Å². The van der Waals surface area contributed by atoms with Crippen LogP contribution in [0.2, 0.25) is 0 Å². The highest BCUT2D eigenvalue weighted by molar-refractivity contribution is 5.94. The number of fused-ring (bicyclic) bond motifs is 2. The lowest BCUT2D eigenvalue weighted by molar-refractivity contribution is -0.132. The SMILES string of the molecule is Cc1c(C2CN3CCCN(C(=O)Cc4ccc(N/C=N\N=N)cc4)CC3CO2)ccc2c1COC2=O. The van der Waals surface area contributed by atoms with Crippen molar-refractivity contribution in [2.24, 2.45) is 10.3 Å². The molecular weight excluding hydrogens is 460 g/mol. The van der Waals surface area contributed by atoms with Crippen LogP contribution in [0.5, 0.6) is 0 Å². The van der Waals surface area contributed by atoms with E-state index in [2.05, 4.69) is 20.5 Å². The lowest BCUT2D eigenvalue weighted by atomic mass is 9.94. The van der Waals surface area contributed by atoms with E-state index in [0.717, 1.165) is 54.0 Å². The van der Waals surface area contributed by atoms with Gasteiger partial charge >= 0.3 is 5.97 Å². The summed E-state index contributed by atoms with van der Waals surface area (Å²) in [6.07, 6.45) is 2.55. The van der Waals surface area contributed by atoms with E-state index < -0.39 is 0 Å². The van der Waals surface area contributed by atoms with Crippen molar-refractivity contribution < 1.29 is 19.1 Å². The molecule has 188 valence electrons. The zero-order chi connectivity index (χ0) is 25.1. The number of hydrogen-bond acceptors (Lipinski definition) is 7. The molecule has 2 atom stereocenters. The number of esters is 1. The second kappa shape index (κ2) is 10.5. The van der Waals surface area contributed by atoms with E-state index in [4.69, 9.17) is 15.0 Å². The molecule has 2 saturated heterocycles. The fourth-order valence-corrected chi connectivity index (χ4v) is 5.27. The summed E-state index contributed by atoms with van der Waals surface area (Å²) >= 11 is 0. The van der Waals surface area contributed by atoms with Crippen LogP contribution >= 0.6 is 0 Å². The summed E-state index contributed by atoms with van der Waals surface area (Å²) in [6, 6.07) is 11.6. The molecule has 36 heavy (non-hydrogen) atoms. The highest BCUT2D eigenvalue weighted by Crippen LogP contribution is 2.33. The summed E-state index contributed by atoms with van der Waals surface area (Å²) in [5, 5.41) is 9.28. The van der Waals surface area contributed by atoms with Gasteiger partial charge in [0.1, 0.15) is 12.9 Å². The normalized spacial score (nSPS) is 22.0. The van der Waals surface area contributed by atoms with Gasteiger partial charge in [-0.05, 0) is 48.2 Å². The van der Waals surface area contributed by atoms with E-state index in [1.54, 1.807) is 0 Å². The lowest BCUT2D eigenvalue weighted by Gasteiger charge is -2.40. The molecule has 2 aromatic rings. The van der Waals surface area contributed by atoms with Crippen LogP contribution in [0.25, 0.3) is 0 Å². The number of anilines is 1. The molecular formula is C26H30N6O4. The first-order valence-electron chi connectivity index (χ1n) is 12.2. The number of benzene rings is 2. The number of rotatable bonds is 6. The Kier molecular flexibility index (Phi) is 7.06. The summed E-state index contributed by atoms with van der Waals surface area (Å²) in [5.41, 5.74) is 12.2. The van der Waals surface area contributed by atoms with Crippen molar-refractivity contribution in [3.05, 3.63) is 64.2 Å². The summed E-state index contributed by atoms with van der Waals surface area (Å²) < 4.78 is 11.5. The van der Waals surface area contributed by atoms with Gasteiger partial charge in [-0.25, -0.2) is 4.79 Å². The molecule has 2 aromatic carbocycles. The van der Waals surface area contributed by atoms with Crippen LogP contribution in [-0.2, 0) is 27.3 Å². The maximum atomic E-state index is 13.1. The Labute approximate surface area is 209 Å². The van der Waals surface area contributed by atoms with Crippen LogP contribution in [-0.4, -0.2) is 66.8 Å². The van der Waals surface area contributed by atoms with Gasteiger partial charge in [-0.2, -0.15) is 5.53 Å². The third-order valence-electron chi connectivity index (χ3n) is 7.27. The summed E-state index contributed by atoms with van der Waals surface area (Å²) in [6.45, 7) is 6.02. The van der Waals surface area contributed by atoms with Gasteiger partial charge in [0.25, 0.3) is 0 Å². The van der Waals surface area contributed by atoms with Crippen LogP contribution in [0.3, 0.4) is 0 Å². The molecule has 0 radical (unpaired) electrons. The minimum atomic E-state index is -0.250. The van der Waals surface area contributed by atoms with E-state index in [9.17, 15) is 9.59 Å². The molecule has 0 saturated carbocycles. The Hall–Kier alpha value is -3.63. The second-order valence-corrected chi connectivity index (χ2v) is 9.41. The van der Waals surface area contributed by atoms with Crippen molar-refractivity contribution in [1.29, 1.82) is 5.53 Å². The summed E-state index contributed by atoms with van der Waals surface area (Å²) in [4.78, 5) is 29.4. The first kappa shape index (κ1) is 24.1. The molecule has 1 amide bonds. The number of carbonyl (C=O) groups is 2. The number of ether oxygens (including phenoxy) is 2. The van der Waals surface area contributed by atoms with E-state index in [1.165, 1.54) is 6.34 Å². The van der Waals surface area contributed by atoms with Gasteiger partial charge in [0, 0.05) is 37.4 Å². The number of cyclic esters (lactones) is 1. The summed E-state index contributed by atoms with van der Waals surface area (Å²) in [5.74, 6) is -0.131. The van der Waals surface area contributed by atoms with Gasteiger partial charge in [-0.15, -0.1) is 5.10 Å². The largest absolute Gasteiger partial charge is 0.457 e. The molecule has 5 rings (SSSR count). The molecule has 2 unspecified atom stereocenters. The smallest absolute Gasteiger partial charge is 0.338 e. The van der Waals surface area contributed by atoms with E-state index in [-0.39, 0.29) is 24.0 Å². The number of nitrogens with zero attached hydrogens (tertiary/aromatic N) is 4. The predicted molar refractivity (Wildman–Crippen MR) is 133 cm³/mol. The van der Waals surface area contributed by atoms with Crippen LogP contribution in [0, 0.1) is 12.5 Å². The Morgan fingerprint density at radius 1 is 1.19 bits per heavy atom. The average Bonchev–Trinajstić information content (AvgIpc) is 3.13. The van der Waals surface area contributed by atoms with E-state index in [0.29, 0.717) is 31.7 Å². The Bertz CT molecular complexity index is 1180. The van der Waals surface area contributed by atoms with Gasteiger partial charge < -0.3 is 19.7 Å². The van der Waals surface area contributed by atoms with Crippen molar-refractivity contribution in [3.63, 3.8) is 0 Å². The van der Waals surface area contributed by atoms with Gasteiger partial charge in [-0.3, -0.25) is 9.69 Å². The highest BCUT2D eigenvalue weighted by atomic mass is 16.5. The first-order valence-corrected chi connectivity index (χ1v) is 12.2. The number of carbonyl (C=O) groups excluding carboxylic acids is 2. The standard InChI is InChI=1S/C26H30N6O4/c1-17-21(7-8-22-23(17)15-36-26(22)34)24-13-31-9-2-10-32(12-20(31)14-35-24)25(33)11-18-3-5-19(6-4-18)28-16-29-30-27/h3-8,16,20,24H,2,9-15H2,1H3,(H2,27,28,29). The van der Waals surface area contributed by atoms with Gasteiger partial charge in [-0.1, -0.05) is 23.4 Å². The average molecular weight is 491 g/mol. The molecule has 0 bridgehead atoms. The van der Waals surface area contributed by atoms with Crippen LogP contribution in [0.1, 0.15) is 45.1 Å². The maximum Gasteiger partial charge on any atom is 0.338 e. The van der Waals surface area contributed by atoms with Crippen molar-refractivity contribution in [1.82, 2.24) is 9.80 Å². The van der Waals surface area contributed by atoms with Gasteiger partial charge in [0.05, 0.1) is 30.7 Å². The van der Waals surface area contributed by atoms with E-state index >= 15 is 0 Å². The van der Waals surface area contributed by atoms with Crippen molar-refractivity contribution in [3.8, 4) is 0 Å². The monoisotopic (exact) mass is 490 g/mol. The summed E-state index contributed by atoms with van der Waals surface area (Å²) in [7, 11) is 0. The minimum absolute atomic E-state index is 0.0588. The molecule has 3 heterocycles. The van der Waals surface area contributed by atoms with Crippen molar-refractivity contribution >= 4 is 23.9 Å². The number of amides is 1. The minimum Gasteiger partial charge on any atom is -0.457 e. The highest BCUT2D eigenvalue weighted by Gasteiger charge is 2.35. The van der Waals surface area contributed by atoms with E-state index in [1.807, 2.05) is 48.2 Å². The Balaban J connectivity index is 1.19. The molecule has 0 aromatic heterocycles. The van der Waals surface area contributed by atoms with Crippen LogP contribution in [0.4, 0.5) is 5.69 Å². The topological polar surface area (TPSA) is 120 Å². The molecule has 2 N–H and O–H groups in total.